The van der Waals surface area contributed by atoms with Crippen molar-refractivity contribution in [2.24, 2.45) is 5.92 Å². The average molecular weight is 371 g/mol. The molecule has 1 saturated heterocycles. The van der Waals surface area contributed by atoms with Crippen molar-refractivity contribution in [3.05, 3.63) is 11.8 Å². The zero-order valence-corrected chi connectivity index (χ0v) is 14.5. The van der Waals surface area contributed by atoms with Crippen LogP contribution in [0.5, 0.6) is 0 Å². The van der Waals surface area contributed by atoms with Crippen LogP contribution in [-0.4, -0.2) is 71.1 Å². The van der Waals surface area contributed by atoms with Crippen molar-refractivity contribution in [1.82, 2.24) is 4.90 Å². The van der Waals surface area contributed by atoms with Gasteiger partial charge >= 0.3 is 5.97 Å². The number of aliphatic hydroxyl groups is 1. The summed E-state index contributed by atoms with van der Waals surface area (Å²) in [7, 11) is 0. The topological polar surface area (TPSA) is 76.1 Å². The number of hydrogen-bond acceptors (Lipinski definition) is 6. The highest BCUT2D eigenvalue weighted by molar-refractivity contribution is 6.18. The third-order valence-electron chi connectivity index (χ3n) is 6.05. The Labute approximate surface area is 150 Å². The standard InChI is InChI=1S/C18H23F2NO5/c1-2-25-18(24)10-7-21-12-4-3-8(22)5-13(12)26-17-14(20)11(19)6-9(15(17)21)16(10)23/h7-9,11-15,17,22H,2-6H2,1H3. The van der Waals surface area contributed by atoms with Gasteiger partial charge in [0.15, 0.2) is 12.0 Å². The fourth-order valence-corrected chi connectivity index (χ4v) is 4.89. The molecule has 4 aliphatic rings. The number of alkyl halides is 2. The van der Waals surface area contributed by atoms with Crippen LogP contribution in [0, 0.1) is 5.92 Å². The minimum Gasteiger partial charge on any atom is -0.462 e. The van der Waals surface area contributed by atoms with Gasteiger partial charge < -0.3 is 19.5 Å². The summed E-state index contributed by atoms with van der Waals surface area (Å²) in [6.45, 7) is 1.77. The second-order valence-corrected chi connectivity index (χ2v) is 7.54. The molecule has 1 N–H and O–H groups in total. The number of rotatable bonds is 2. The minimum absolute atomic E-state index is 0.108. The molecular formula is C18H23F2NO5. The summed E-state index contributed by atoms with van der Waals surface area (Å²) < 4.78 is 39.7. The molecule has 4 rings (SSSR count). The first-order valence-corrected chi connectivity index (χ1v) is 9.24. The normalized spacial score (nSPS) is 44.7. The van der Waals surface area contributed by atoms with Crippen LogP contribution in [0.25, 0.3) is 0 Å². The van der Waals surface area contributed by atoms with E-state index in [0.29, 0.717) is 19.3 Å². The maximum Gasteiger partial charge on any atom is 0.343 e. The highest BCUT2D eigenvalue weighted by Gasteiger charge is 2.59. The largest absolute Gasteiger partial charge is 0.462 e. The van der Waals surface area contributed by atoms with Crippen molar-refractivity contribution in [2.45, 2.75) is 75.3 Å². The maximum atomic E-state index is 14.6. The molecule has 0 bridgehead atoms. The van der Waals surface area contributed by atoms with Crippen LogP contribution < -0.4 is 0 Å². The molecular weight excluding hydrogens is 348 g/mol. The highest BCUT2D eigenvalue weighted by atomic mass is 19.2. The summed E-state index contributed by atoms with van der Waals surface area (Å²) in [6, 6.07) is -0.804. The van der Waals surface area contributed by atoms with Gasteiger partial charge in [-0.2, -0.15) is 0 Å². The second-order valence-electron chi connectivity index (χ2n) is 7.54. The summed E-state index contributed by atoms with van der Waals surface area (Å²) in [5.74, 6) is -2.06. The lowest BCUT2D eigenvalue weighted by Gasteiger charge is -2.58. The highest BCUT2D eigenvalue weighted by Crippen LogP contribution is 2.46. The van der Waals surface area contributed by atoms with Crippen molar-refractivity contribution in [2.75, 3.05) is 6.61 Å². The zero-order chi connectivity index (χ0) is 18.6. The maximum absolute atomic E-state index is 14.6. The number of ketones is 1. The Hall–Kier alpha value is -1.54. The number of esters is 1. The molecule has 0 aromatic carbocycles. The number of aliphatic hydroxyl groups excluding tert-OH is 1. The van der Waals surface area contributed by atoms with Gasteiger partial charge in [-0.1, -0.05) is 0 Å². The van der Waals surface area contributed by atoms with Gasteiger partial charge in [-0.25, -0.2) is 13.6 Å². The number of hydrogen-bond donors (Lipinski definition) is 1. The molecule has 8 atom stereocenters. The summed E-state index contributed by atoms with van der Waals surface area (Å²) in [4.78, 5) is 26.8. The number of morpholine rings is 1. The van der Waals surface area contributed by atoms with Gasteiger partial charge in [0.25, 0.3) is 0 Å². The third-order valence-corrected chi connectivity index (χ3v) is 6.05. The monoisotopic (exact) mass is 371 g/mol. The van der Waals surface area contributed by atoms with Crippen molar-refractivity contribution in [3.8, 4) is 0 Å². The van der Waals surface area contributed by atoms with E-state index in [1.165, 1.54) is 6.20 Å². The first-order chi connectivity index (χ1) is 12.4. The molecule has 0 amide bonds. The lowest BCUT2D eigenvalue weighted by atomic mass is 9.71. The van der Waals surface area contributed by atoms with Crippen molar-refractivity contribution < 1.29 is 33.0 Å². The molecule has 0 radical (unpaired) electrons. The Morgan fingerprint density at radius 3 is 2.88 bits per heavy atom. The molecule has 2 aliphatic heterocycles. The zero-order valence-electron chi connectivity index (χ0n) is 14.5. The van der Waals surface area contributed by atoms with Crippen LogP contribution in [-0.2, 0) is 19.1 Å². The van der Waals surface area contributed by atoms with Crippen molar-refractivity contribution in [1.29, 1.82) is 0 Å². The number of Topliss-reactive ketones (excluding diaryl/α,β-unsaturated/α-hetero) is 1. The van der Waals surface area contributed by atoms with Crippen LogP contribution in [0.3, 0.4) is 0 Å². The first-order valence-electron chi connectivity index (χ1n) is 9.24. The summed E-state index contributed by atoms with van der Waals surface area (Å²) in [6.07, 6.45) is -3.07. The molecule has 0 spiro atoms. The van der Waals surface area contributed by atoms with Crippen LogP contribution in [0.1, 0.15) is 32.6 Å². The molecule has 0 aromatic rings. The van der Waals surface area contributed by atoms with Crippen LogP contribution >= 0.6 is 0 Å². The smallest absolute Gasteiger partial charge is 0.343 e. The number of carbonyl (C=O) groups excluding carboxylic acids is 2. The third kappa shape index (κ3) is 2.65. The molecule has 3 fully saturated rings. The molecule has 2 aliphatic carbocycles. The molecule has 8 unspecified atom stereocenters. The molecule has 0 aromatic heterocycles. The van der Waals surface area contributed by atoms with E-state index in [9.17, 15) is 23.5 Å². The predicted molar refractivity (Wildman–Crippen MR) is 85.6 cm³/mol. The average Bonchev–Trinajstić information content (AvgIpc) is 2.61. The Kier molecular flexibility index (Phi) is 4.51. The van der Waals surface area contributed by atoms with Gasteiger partial charge in [0, 0.05) is 18.5 Å². The Morgan fingerprint density at radius 1 is 1.38 bits per heavy atom. The molecule has 2 saturated carbocycles. The number of nitrogens with zero attached hydrogens (tertiary/aromatic N) is 1. The fourth-order valence-electron chi connectivity index (χ4n) is 4.89. The summed E-state index contributed by atoms with van der Waals surface area (Å²) >= 11 is 0. The Balaban J connectivity index is 1.75. The van der Waals surface area contributed by atoms with Crippen LogP contribution in [0.15, 0.2) is 11.8 Å². The van der Waals surface area contributed by atoms with E-state index in [1.54, 1.807) is 6.92 Å². The van der Waals surface area contributed by atoms with E-state index in [-0.39, 0.29) is 24.6 Å². The van der Waals surface area contributed by atoms with E-state index in [0.717, 1.165) is 0 Å². The number of fused-ring (bicyclic) bond motifs is 2. The van der Waals surface area contributed by atoms with Gasteiger partial charge in [0.05, 0.1) is 30.9 Å². The lowest BCUT2D eigenvalue weighted by Crippen LogP contribution is -2.70. The van der Waals surface area contributed by atoms with Crippen molar-refractivity contribution >= 4 is 11.8 Å². The molecule has 2 heterocycles. The van der Waals surface area contributed by atoms with Gasteiger partial charge in [-0.15, -0.1) is 0 Å². The van der Waals surface area contributed by atoms with Crippen LogP contribution in [0.2, 0.25) is 0 Å². The number of carbonyl (C=O) groups is 2. The second kappa shape index (κ2) is 6.56. The molecule has 6 nitrogen and oxygen atoms in total. The first kappa shape index (κ1) is 17.9. The summed E-state index contributed by atoms with van der Waals surface area (Å²) in [5.41, 5.74) is -0.108. The van der Waals surface area contributed by atoms with Gasteiger partial charge in [-0.05, 0) is 26.2 Å². The van der Waals surface area contributed by atoms with Crippen molar-refractivity contribution in [3.63, 3.8) is 0 Å². The van der Waals surface area contributed by atoms with E-state index >= 15 is 0 Å². The predicted octanol–water partition coefficient (Wildman–Crippen LogP) is 1.06. The fraction of sp³-hybridized carbons (Fsp3) is 0.778. The van der Waals surface area contributed by atoms with E-state index in [1.807, 2.05) is 4.90 Å². The molecule has 8 heteroatoms. The summed E-state index contributed by atoms with van der Waals surface area (Å²) in [5, 5.41) is 9.93. The number of halogens is 2. The Bertz CT molecular complexity index is 641. The van der Waals surface area contributed by atoms with Gasteiger partial charge in [-0.3, -0.25) is 4.79 Å². The van der Waals surface area contributed by atoms with Gasteiger partial charge in [0.1, 0.15) is 17.8 Å². The SMILES string of the molecule is CCOC(=O)C1=CN2C3CCC(O)CC3OC3C(F)C(F)CC(C1=O)C32. The van der Waals surface area contributed by atoms with E-state index < -0.39 is 54.4 Å². The molecule has 144 valence electrons. The Morgan fingerprint density at radius 2 is 2.15 bits per heavy atom. The van der Waals surface area contributed by atoms with E-state index in [2.05, 4.69) is 0 Å². The minimum atomic E-state index is -1.83. The van der Waals surface area contributed by atoms with Crippen LogP contribution in [0.4, 0.5) is 8.78 Å². The van der Waals surface area contributed by atoms with E-state index in [4.69, 9.17) is 9.47 Å². The van der Waals surface area contributed by atoms with Gasteiger partial charge in [0.2, 0.25) is 0 Å². The lowest BCUT2D eigenvalue weighted by molar-refractivity contribution is -0.216. The number of ether oxygens (including phenoxy) is 2. The quantitative estimate of drug-likeness (QED) is 0.578. The molecule has 26 heavy (non-hydrogen) atoms.